The zero-order valence-corrected chi connectivity index (χ0v) is 18.5. The quantitative estimate of drug-likeness (QED) is 0.324. The van der Waals surface area contributed by atoms with Crippen LogP contribution >= 0.6 is 11.6 Å². The van der Waals surface area contributed by atoms with E-state index in [4.69, 9.17) is 16.7 Å². The van der Waals surface area contributed by atoms with Gasteiger partial charge in [0.15, 0.2) is 6.17 Å². The molecule has 0 fully saturated rings. The maximum Gasteiger partial charge on any atom is 0.335 e. The first-order valence-corrected chi connectivity index (χ1v) is 10.9. The maximum atomic E-state index is 13.6. The van der Waals surface area contributed by atoms with Gasteiger partial charge in [0.05, 0.1) is 10.6 Å². The van der Waals surface area contributed by atoms with Crippen LogP contribution in [0, 0.1) is 0 Å². The molecular weight excluding hydrogens is 417 g/mol. The Morgan fingerprint density at radius 2 is 2.03 bits per heavy atom. The van der Waals surface area contributed by atoms with Gasteiger partial charge in [-0.2, -0.15) is 0 Å². The van der Waals surface area contributed by atoms with Gasteiger partial charge in [-0.3, -0.25) is 4.79 Å². The summed E-state index contributed by atoms with van der Waals surface area (Å²) in [6.07, 6.45) is 14.4. The fraction of sp³-hybridized carbons (Fsp3) is 0.360. The Kier molecular flexibility index (Phi) is 10.2. The van der Waals surface area contributed by atoms with Crippen LogP contribution in [0.15, 0.2) is 71.3 Å². The molecule has 2 rings (SSSR count). The highest BCUT2D eigenvalue weighted by Crippen LogP contribution is 2.22. The van der Waals surface area contributed by atoms with E-state index in [-0.39, 0.29) is 16.6 Å². The van der Waals surface area contributed by atoms with Crippen molar-refractivity contribution in [3.8, 4) is 0 Å². The number of carboxylic acid groups (broad SMARTS) is 1. The van der Waals surface area contributed by atoms with Crippen LogP contribution in [-0.4, -0.2) is 41.1 Å². The summed E-state index contributed by atoms with van der Waals surface area (Å²) in [4.78, 5) is 24.5. The fourth-order valence-electron chi connectivity index (χ4n) is 3.37. The molecule has 0 aromatic heterocycles. The molecule has 0 spiro atoms. The molecule has 1 amide bonds. The van der Waals surface area contributed by atoms with Crippen LogP contribution in [0.25, 0.3) is 0 Å². The van der Waals surface area contributed by atoms with Gasteiger partial charge in [-0.25, -0.2) is 9.18 Å². The average Bonchev–Trinajstić information content (AvgIpc) is 2.92. The van der Waals surface area contributed by atoms with Crippen LogP contribution in [0.2, 0.25) is 0 Å². The van der Waals surface area contributed by atoms with Crippen molar-refractivity contribution < 1.29 is 19.1 Å². The van der Waals surface area contributed by atoms with E-state index >= 15 is 0 Å². The van der Waals surface area contributed by atoms with Crippen molar-refractivity contribution in [3.05, 3.63) is 82.5 Å². The number of carbonyl (C=O) groups excluding carboxylic acids is 1. The highest BCUT2D eigenvalue weighted by Gasteiger charge is 2.14. The normalized spacial score (nSPS) is 17.1. The van der Waals surface area contributed by atoms with E-state index in [1.807, 2.05) is 6.08 Å². The third-order valence-electron chi connectivity index (χ3n) is 5.14. The van der Waals surface area contributed by atoms with Crippen LogP contribution in [0.3, 0.4) is 0 Å². The number of carbonyl (C=O) groups is 2. The van der Waals surface area contributed by atoms with Gasteiger partial charge in [-0.15, -0.1) is 0 Å². The van der Waals surface area contributed by atoms with Gasteiger partial charge in [0.2, 0.25) is 6.41 Å². The topological polar surface area (TPSA) is 57.6 Å². The van der Waals surface area contributed by atoms with Crippen molar-refractivity contribution in [1.29, 1.82) is 0 Å². The first-order valence-electron chi connectivity index (χ1n) is 10.5. The molecule has 1 unspecified atom stereocenters. The molecule has 0 saturated heterocycles. The molecule has 0 bridgehead atoms. The molecule has 6 heteroatoms. The molecule has 2 atom stereocenters. The molecule has 1 aromatic rings. The van der Waals surface area contributed by atoms with Crippen molar-refractivity contribution in [2.24, 2.45) is 0 Å². The summed E-state index contributed by atoms with van der Waals surface area (Å²) in [6.45, 7) is 2.63. The lowest BCUT2D eigenvalue weighted by Gasteiger charge is -2.26. The second kappa shape index (κ2) is 12.9. The zero-order chi connectivity index (χ0) is 22.6. The summed E-state index contributed by atoms with van der Waals surface area (Å²) < 4.78 is 13.6. The summed E-state index contributed by atoms with van der Waals surface area (Å²) in [5.41, 5.74) is 2.20. The fourth-order valence-corrected chi connectivity index (χ4v) is 3.58. The number of hydrogen-bond donors (Lipinski definition) is 1. The molecular formula is C25H29ClFNO3. The monoisotopic (exact) mass is 445 g/mol. The molecule has 1 aliphatic carbocycles. The molecule has 1 aromatic carbocycles. The minimum atomic E-state index is -1.25. The molecule has 31 heavy (non-hydrogen) atoms. The van der Waals surface area contributed by atoms with Gasteiger partial charge in [0.25, 0.3) is 0 Å². The zero-order valence-electron chi connectivity index (χ0n) is 17.7. The molecule has 4 nitrogen and oxygen atoms in total. The van der Waals surface area contributed by atoms with Gasteiger partial charge in [0.1, 0.15) is 0 Å². The van der Waals surface area contributed by atoms with Crippen molar-refractivity contribution in [2.75, 3.05) is 6.54 Å². The van der Waals surface area contributed by atoms with Gasteiger partial charge in [0, 0.05) is 12.6 Å². The largest absolute Gasteiger partial charge is 0.478 e. The van der Waals surface area contributed by atoms with Gasteiger partial charge >= 0.3 is 5.97 Å². The molecule has 0 radical (unpaired) electrons. The predicted molar refractivity (Wildman–Crippen MR) is 123 cm³/mol. The van der Waals surface area contributed by atoms with Crippen LogP contribution in [0.4, 0.5) is 4.39 Å². The Bertz CT molecular complexity index is 858. The first kappa shape index (κ1) is 24.6. The number of amides is 1. The molecule has 166 valence electrons. The standard InChI is InChI=1S/C25H29ClFNO3/c1-2-6-22(9-4-3-7-20-8-5-10-24(27)23(26)17-20)28(18-29)16-15-19-11-13-21(14-12-19)25(30)31/h4-5,8-14,17-18,22,24H,2-3,6-7,15-16H2,1H3,(H,30,31)/b9-4+/t22-,24?/m1/s1. The summed E-state index contributed by atoms with van der Waals surface area (Å²) in [5, 5.41) is 9.18. The lowest BCUT2D eigenvalue weighted by molar-refractivity contribution is -0.119. The molecule has 0 aliphatic heterocycles. The second-order valence-electron chi connectivity index (χ2n) is 7.48. The van der Waals surface area contributed by atoms with Gasteiger partial charge in [-0.1, -0.05) is 61.4 Å². The third-order valence-corrected chi connectivity index (χ3v) is 5.46. The van der Waals surface area contributed by atoms with Gasteiger partial charge in [-0.05, 0) is 61.1 Å². The average molecular weight is 446 g/mol. The van der Waals surface area contributed by atoms with Crippen LogP contribution in [0.1, 0.15) is 48.5 Å². The summed E-state index contributed by atoms with van der Waals surface area (Å²) in [5.74, 6) is -0.952. The van der Waals surface area contributed by atoms with Crippen LogP contribution in [0.5, 0.6) is 0 Å². The van der Waals surface area contributed by atoms with E-state index in [9.17, 15) is 14.0 Å². The lowest BCUT2D eigenvalue weighted by Crippen LogP contribution is -2.34. The Labute approximate surface area is 188 Å². The van der Waals surface area contributed by atoms with Crippen molar-refractivity contribution in [2.45, 2.75) is 51.2 Å². The van der Waals surface area contributed by atoms with E-state index in [2.05, 4.69) is 19.1 Å². The van der Waals surface area contributed by atoms with Crippen molar-refractivity contribution >= 4 is 24.0 Å². The van der Waals surface area contributed by atoms with E-state index in [0.717, 1.165) is 43.2 Å². The van der Waals surface area contributed by atoms with Crippen LogP contribution < -0.4 is 0 Å². The highest BCUT2D eigenvalue weighted by atomic mass is 35.5. The van der Waals surface area contributed by atoms with Crippen LogP contribution in [-0.2, 0) is 11.2 Å². The van der Waals surface area contributed by atoms with Crippen molar-refractivity contribution in [3.63, 3.8) is 0 Å². The van der Waals surface area contributed by atoms with E-state index < -0.39 is 12.1 Å². The molecule has 1 aliphatic rings. The van der Waals surface area contributed by atoms with E-state index in [0.29, 0.717) is 13.0 Å². The number of rotatable bonds is 12. The lowest BCUT2D eigenvalue weighted by atomic mass is 10.1. The summed E-state index contributed by atoms with van der Waals surface area (Å²) in [7, 11) is 0. The minimum Gasteiger partial charge on any atom is -0.478 e. The Morgan fingerprint density at radius 3 is 2.68 bits per heavy atom. The smallest absolute Gasteiger partial charge is 0.335 e. The second-order valence-corrected chi connectivity index (χ2v) is 7.91. The van der Waals surface area contributed by atoms with Crippen molar-refractivity contribution in [1.82, 2.24) is 4.90 Å². The predicted octanol–water partition coefficient (Wildman–Crippen LogP) is 5.85. The molecule has 0 saturated carbocycles. The highest BCUT2D eigenvalue weighted by molar-refractivity contribution is 6.30. The Balaban J connectivity index is 1.92. The summed E-state index contributed by atoms with van der Waals surface area (Å²) >= 11 is 5.94. The third kappa shape index (κ3) is 8.18. The van der Waals surface area contributed by atoms with E-state index in [1.54, 1.807) is 41.3 Å². The maximum absolute atomic E-state index is 13.6. The number of nitrogens with zero attached hydrogens (tertiary/aromatic N) is 1. The Morgan fingerprint density at radius 1 is 1.29 bits per heavy atom. The van der Waals surface area contributed by atoms with E-state index in [1.165, 1.54) is 6.08 Å². The number of carboxylic acids is 1. The minimum absolute atomic E-state index is 0.00171. The molecule has 1 N–H and O–H groups in total. The van der Waals surface area contributed by atoms with Gasteiger partial charge < -0.3 is 10.0 Å². The Hall–Kier alpha value is -2.66. The number of halogens is 2. The number of alkyl halides is 1. The number of benzene rings is 1. The molecule has 0 heterocycles. The summed E-state index contributed by atoms with van der Waals surface area (Å²) in [6, 6.07) is 6.72. The number of hydrogen-bond acceptors (Lipinski definition) is 2. The SMILES string of the molecule is CCC[C@H](/C=C/CCC1=CC=CC(F)C(Cl)=C1)N(C=O)CCc1ccc(C(=O)O)cc1. The number of aromatic carboxylic acids is 1. The number of allylic oxidation sites excluding steroid dienone is 7. The first-order chi connectivity index (χ1) is 14.9.